The van der Waals surface area contributed by atoms with E-state index in [4.69, 9.17) is 15.2 Å². The number of carboxylic acids is 1. The minimum atomic E-state index is -1.42. The molecule has 6 N–H and O–H groups in total. The number of alkyl halides is 1. The number of unbranched alkanes of at least 4 members (excludes halogenated alkanes) is 2. The number of fused-ring (bicyclic) bond motifs is 1. The molecule has 0 saturated carbocycles. The maximum atomic E-state index is 13.2. The van der Waals surface area contributed by atoms with E-state index < -0.39 is 37.2 Å². The third kappa shape index (κ3) is 9.03. The van der Waals surface area contributed by atoms with Crippen LogP contribution in [0.2, 0.25) is 5.82 Å². The van der Waals surface area contributed by atoms with Gasteiger partial charge >= 0.3 is 13.1 Å². The number of thiazole rings is 1. The molecule has 2 heterocycles. The summed E-state index contributed by atoms with van der Waals surface area (Å²) in [4.78, 5) is 57.2. The van der Waals surface area contributed by atoms with Crippen molar-refractivity contribution >= 4 is 68.8 Å². The van der Waals surface area contributed by atoms with Gasteiger partial charge in [0.05, 0.1) is 10.9 Å². The fraction of sp³-hybridized carbons (Fsp3) is 0.417. The molecule has 1 aliphatic heterocycles. The lowest BCUT2D eigenvalue weighted by atomic mass is 9.64. The number of hydrogen-bond donors (Lipinski definition) is 5. The van der Waals surface area contributed by atoms with Crippen LogP contribution in [0.3, 0.4) is 0 Å². The van der Waals surface area contributed by atoms with Gasteiger partial charge in [-0.2, -0.15) is 0 Å². The van der Waals surface area contributed by atoms with Crippen LogP contribution in [0, 0.1) is 0 Å². The average molecular weight is 638 g/mol. The zero-order valence-corrected chi connectivity index (χ0v) is 23.8. The Kier molecular flexibility index (Phi) is 11.9. The Bertz CT molecular complexity index is 1260. The quantitative estimate of drug-likeness (QED) is 0.0624. The van der Waals surface area contributed by atoms with E-state index >= 15 is 0 Å². The molecule has 1 aromatic heterocycles. The standard InChI is InChI=1S/C24H29BBrN5O8S/c26-11-19(33)28-7-2-1-3-8-29-20(34)12-38-31-21(17-13-40-24(27)30-17)18(32)10-15-9-14-5-4-6-16(23(35)36)22(14)39-25(15)37/h4-6,13,15,37H,1-3,7-12H2,(H2,27,30)(H,28,33)(H,29,34)(H,35,36)/b31-21-/t15-/m1/s1. The van der Waals surface area contributed by atoms with Crippen LogP contribution in [0.4, 0.5) is 5.13 Å². The number of aromatic carboxylic acids is 1. The molecule has 0 unspecified atom stereocenters. The van der Waals surface area contributed by atoms with E-state index in [2.05, 4.69) is 36.7 Å². The number of rotatable bonds is 15. The number of carboxylic acid groups (broad SMARTS) is 1. The van der Waals surface area contributed by atoms with Crippen LogP contribution >= 0.6 is 27.3 Å². The highest BCUT2D eigenvalue weighted by Crippen LogP contribution is 2.36. The zero-order valence-electron chi connectivity index (χ0n) is 21.4. The topological polar surface area (TPSA) is 203 Å². The first-order chi connectivity index (χ1) is 19.2. The minimum absolute atomic E-state index is 0.0723. The van der Waals surface area contributed by atoms with Gasteiger partial charge in [0.15, 0.2) is 23.2 Å². The number of benzene rings is 1. The van der Waals surface area contributed by atoms with Gasteiger partial charge < -0.3 is 36.0 Å². The summed E-state index contributed by atoms with van der Waals surface area (Å²) in [5.74, 6) is -2.84. The smallest absolute Gasteiger partial charge is 0.526 e. The zero-order chi connectivity index (χ0) is 29.1. The number of hydrogen-bond acceptors (Lipinski definition) is 11. The van der Waals surface area contributed by atoms with E-state index in [0.29, 0.717) is 25.1 Å². The molecule has 16 heteroatoms. The Balaban J connectivity index is 1.54. The van der Waals surface area contributed by atoms with Gasteiger partial charge in [0.1, 0.15) is 11.4 Å². The summed E-state index contributed by atoms with van der Waals surface area (Å²) >= 11 is 4.17. The molecule has 2 amide bonds. The average Bonchev–Trinajstić information content (AvgIpc) is 3.35. The maximum Gasteiger partial charge on any atom is 0.526 e. The molecular formula is C24H29BBrN5O8S. The summed E-state index contributed by atoms with van der Waals surface area (Å²) < 4.78 is 5.47. The van der Waals surface area contributed by atoms with Gasteiger partial charge in [-0.1, -0.05) is 33.2 Å². The largest absolute Gasteiger partial charge is 0.535 e. The van der Waals surface area contributed by atoms with E-state index in [9.17, 15) is 29.3 Å². The number of oxime groups is 1. The number of ketones is 1. The summed E-state index contributed by atoms with van der Waals surface area (Å²) in [6, 6.07) is 4.61. The molecule has 0 saturated heterocycles. The number of para-hydroxylation sites is 1. The van der Waals surface area contributed by atoms with E-state index in [1.54, 1.807) is 12.1 Å². The van der Waals surface area contributed by atoms with Crippen LogP contribution in [0.1, 0.15) is 47.3 Å². The predicted molar refractivity (Wildman–Crippen MR) is 152 cm³/mol. The Morgan fingerprint density at radius 1 is 1.20 bits per heavy atom. The molecule has 40 heavy (non-hydrogen) atoms. The Morgan fingerprint density at radius 3 is 2.58 bits per heavy atom. The first-order valence-corrected chi connectivity index (χ1v) is 14.4. The lowest BCUT2D eigenvalue weighted by Gasteiger charge is -2.28. The molecule has 1 aromatic carbocycles. The lowest BCUT2D eigenvalue weighted by molar-refractivity contribution is -0.126. The second-order valence-electron chi connectivity index (χ2n) is 8.88. The maximum absolute atomic E-state index is 13.2. The van der Waals surface area contributed by atoms with Gasteiger partial charge in [-0.25, -0.2) is 9.78 Å². The second-order valence-corrected chi connectivity index (χ2v) is 10.3. The second kappa shape index (κ2) is 15.3. The number of anilines is 1. The summed E-state index contributed by atoms with van der Waals surface area (Å²) in [5.41, 5.74) is 6.20. The molecule has 13 nitrogen and oxygen atoms in total. The molecule has 0 aliphatic carbocycles. The van der Waals surface area contributed by atoms with Crippen LogP contribution in [0.15, 0.2) is 28.7 Å². The SMILES string of the molecule is Nc1nc(/C(=N/OCC(=O)NCCCCCNC(=O)CBr)C(=O)C[C@H]2Cc3cccc(C(=O)O)c3OB2O)cs1. The van der Waals surface area contributed by atoms with Gasteiger partial charge in [-0.05, 0) is 37.3 Å². The first-order valence-electron chi connectivity index (χ1n) is 12.4. The highest BCUT2D eigenvalue weighted by atomic mass is 79.9. The fourth-order valence-electron chi connectivity index (χ4n) is 3.93. The predicted octanol–water partition coefficient (Wildman–Crippen LogP) is 1.39. The van der Waals surface area contributed by atoms with Crippen molar-refractivity contribution in [2.24, 2.45) is 5.16 Å². The lowest BCUT2D eigenvalue weighted by Crippen LogP contribution is -2.37. The summed E-state index contributed by atoms with van der Waals surface area (Å²) in [6.45, 7) is 0.545. The third-order valence-corrected chi connectivity index (χ3v) is 7.08. The number of carbonyl (C=O) groups excluding carboxylic acids is 3. The Hall–Kier alpha value is -3.50. The van der Waals surface area contributed by atoms with Crippen molar-refractivity contribution in [1.29, 1.82) is 0 Å². The summed E-state index contributed by atoms with van der Waals surface area (Å²) in [6.07, 6.45) is 2.29. The highest BCUT2D eigenvalue weighted by molar-refractivity contribution is 9.09. The van der Waals surface area contributed by atoms with Crippen molar-refractivity contribution in [2.45, 2.75) is 37.9 Å². The van der Waals surface area contributed by atoms with Crippen molar-refractivity contribution in [3.05, 3.63) is 40.4 Å². The molecule has 0 spiro atoms. The molecule has 3 rings (SSSR count). The monoisotopic (exact) mass is 637 g/mol. The van der Waals surface area contributed by atoms with Crippen molar-refractivity contribution in [3.8, 4) is 5.75 Å². The van der Waals surface area contributed by atoms with Gasteiger partial charge in [0.2, 0.25) is 5.91 Å². The van der Waals surface area contributed by atoms with Crippen LogP contribution in [0.5, 0.6) is 5.75 Å². The molecule has 1 atom stereocenters. The third-order valence-electron chi connectivity index (χ3n) is 5.90. The molecule has 2 aromatic rings. The number of nitrogens with two attached hydrogens (primary N) is 1. The number of Topliss-reactive ketones (excluding diaryl/α,β-unsaturated/α-hetero) is 1. The molecule has 0 radical (unpaired) electrons. The van der Waals surface area contributed by atoms with Gasteiger partial charge in [-0.15, -0.1) is 11.3 Å². The number of carbonyl (C=O) groups is 4. The van der Waals surface area contributed by atoms with Crippen molar-refractivity contribution < 1.29 is 38.8 Å². The minimum Gasteiger partial charge on any atom is -0.535 e. The number of amides is 2. The molecule has 214 valence electrons. The Labute approximate surface area is 242 Å². The van der Waals surface area contributed by atoms with E-state index in [0.717, 1.165) is 24.2 Å². The van der Waals surface area contributed by atoms with Crippen LogP contribution in [-0.4, -0.2) is 76.5 Å². The van der Waals surface area contributed by atoms with Gasteiger partial charge in [0.25, 0.3) is 5.91 Å². The number of halogens is 1. The fourth-order valence-corrected chi connectivity index (χ4v) is 4.68. The highest BCUT2D eigenvalue weighted by Gasteiger charge is 2.39. The van der Waals surface area contributed by atoms with Crippen LogP contribution in [0.25, 0.3) is 0 Å². The van der Waals surface area contributed by atoms with Crippen LogP contribution < -0.4 is 21.0 Å². The normalized spacial score (nSPS) is 14.6. The number of nitrogens with one attached hydrogen (secondary N) is 2. The van der Waals surface area contributed by atoms with Crippen LogP contribution in [-0.2, 0) is 25.6 Å². The van der Waals surface area contributed by atoms with Crippen molar-refractivity contribution in [1.82, 2.24) is 15.6 Å². The summed E-state index contributed by atoms with van der Waals surface area (Å²) in [5, 5.41) is 31.2. The van der Waals surface area contributed by atoms with E-state index in [1.807, 2.05) is 0 Å². The van der Waals surface area contributed by atoms with Gasteiger partial charge in [0, 0.05) is 30.7 Å². The molecule has 0 bridgehead atoms. The molecule has 1 aliphatic rings. The van der Waals surface area contributed by atoms with Crippen molar-refractivity contribution in [2.75, 3.05) is 30.8 Å². The Morgan fingerprint density at radius 2 is 1.93 bits per heavy atom. The van der Waals surface area contributed by atoms with Gasteiger partial charge in [-0.3, -0.25) is 14.4 Å². The number of nitrogen functional groups attached to an aromatic ring is 1. The molecule has 0 fully saturated rings. The first kappa shape index (κ1) is 31.0. The van der Waals surface area contributed by atoms with E-state index in [-0.39, 0.29) is 51.9 Å². The van der Waals surface area contributed by atoms with E-state index in [1.165, 1.54) is 11.4 Å². The molecular weight excluding hydrogens is 609 g/mol. The number of aromatic nitrogens is 1. The number of nitrogens with zero attached hydrogens (tertiary/aromatic N) is 2. The van der Waals surface area contributed by atoms with Crippen molar-refractivity contribution in [3.63, 3.8) is 0 Å². The summed E-state index contributed by atoms with van der Waals surface area (Å²) in [7, 11) is -1.42.